The van der Waals surface area contributed by atoms with Gasteiger partial charge < -0.3 is 20.9 Å². The Morgan fingerprint density at radius 2 is 1.56 bits per heavy atom. The topological polar surface area (TPSA) is 82.2 Å². The molecule has 10 heteroatoms. The number of anilines is 4. The van der Waals surface area contributed by atoms with E-state index < -0.39 is 11.7 Å². The van der Waals surface area contributed by atoms with E-state index in [1.54, 1.807) is 30.3 Å². The molecule has 3 N–H and O–H groups in total. The summed E-state index contributed by atoms with van der Waals surface area (Å²) in [5.74, 6) is 0.749. The van der Waals surface area contributed by atoms with Crippen LogP contribution in [0.3, 0.4) is 0 Å². The smallest absolute Gasteiger partial charge is 0.340 e. The molecule has 2 heterocycles. The highest BCUT2D eigenvalue weighted by Crippen LogP contribution is 2.30. The monoisotopic (exact) mass is 470 g/mol. The number of nitrogens with zero attached hydrogens (tertiary/aromatic N) is 3. The zero-order chi connectivity index (χ0) is 24.1. The molecular formula is C24H25F3N6O. The molecule has 0 saturated carbocycles. The Morgan fingerprint density at radius 3 is 2.18 bits per heavy atom. The van der Waals surface area contributed by atoms with Gasteiger partial charge in [-0.15, -0.1) is 0 Å². The van der Waals surface area contributed by atoms with Gasteiger partial charge in [-0.25, -0.2) is 4.98 Å². The molecule has 178 valence electrons. The minimum atomic E-state index is -4.38. The number of rotatable bonds is 6. The highest BCUT2D eigenvalue weighted by atomic mass is 19.4. The van der Waals surface area contributed by atoms with E-state index in [4.69, 9.17) is 0 Å². The summed E-state index contributed by atoms with van der Waals surface area (Å²) in [4.78, 5) is 23.1. The molecule has 0 aliphatic carbocycles. The number of hydrogen-bond acceptors (Lipinski definition) is 6. The Balaban J connectivity index is 1.37. The second-order valence-electron chi connectivity index (χ2n) is 8.02. The summed E-state index contributed by atoms with van der Waals surface area (Å²) in [6.07, 6.45) is -0.964. The lowest BCUT2D eigenvalue weighted by Crippen LogP contribution is -2.43. The van der Waals surface area contributed by atoms with Crippen molar-refractivity contribution in [2.45, 2.75) is 25.1 Å². The lowest BCUT2D eigenvalue weighted by molar-refractivity contribution is -0.137. The molecule has 1 aliphatic heterocycles. The first kappa shape index (κ1) is 23.5. The van der Waals surface area contributed by atoms with Gasteiger partial charge in [0.05, 0.1) is 5.56 Å². The molecule has 1 aliphatic rings. The average Bonchev–Trinajstić information content (AvgIpc) is 2.84. The molecule has 1 amide bonds. The van der Waals surface area contributed by atoms with Gasteiger partial charge in [-0.2, -0.15) is 18.2 Å². The molecule has 3 aromatic rings. The van der Waals surface area contributed by atoms with E-state index in [2.05, 4.69) is 25.9 Å². The third-order valence-electron chi connectivity index (χ3n) is 5.72. The number of piperidine rings is 1. The second kappa shape index (κ2) is 10.1. The Hall–Kier alpha value is -3.66. The molecule has 1 saturated heterocycles. The largest absolute Gasteiger partial charge is 0.416 e. The fraction of sp³-hybridized carbons (Fsp3) is 0.292. The first-order chi connectivity index (χ1) is 16.3. The Bertz CT molecular complexity index is 1110. The number of nitrogens with one attached hydrogen (secondary N) is 3. The van der Waals surface area contributed by atoms with Gasteiger partial charge in [-0.3, -0.25) is 4.79 Å². The van der Waals surface area contributed by atoms with Gasteiger partial charge in [0.15, 0.2) is 0 Å². The van der Waals surface area contributed by atoms with E-state index in [-0.39, 0.29) is 5.91 Å². The summed E-state index contributed by atoms with van der Waals surface area (Å²) in [6, 6.07) is 13.9. The van der Waals surface area contributed by atoms with Gasteiger partial charge in [-0.05, 0) is 74.5 Å². The van der Waals surface area contributed by atoms with Gasteiger partial charge in [0.1, 0.15) is 5.82 Å². The number of carbonyl (C=O) groups is 1. The fourth-order valence-electron chi connectivity index (χ4n) is 3.76. The van der Waals surface area contributed by atoms with Crippen LogP contribution >= 0.6 is 0 Å². The molecule has 0 bridgehead atoms. The van der Waals surface area contributed by atoms with Crippen molar-refractivity contribution in [2.75, 3.05) is 30.8 Å². The number of likely N-dealkylation sites (tertiary alicyclic amines) is 1. The van der Waals surface area contributed by atoms with Crippen molar-refractivity contribution in [3.63, 3.8) is 0 Å². The molecule has 7 nitrogen and oxygen atoms in total. The van der Waals surface area contributed by atoms with Crippen LogP contribution in [-0.4, -0.2) is 47.0 Å². The summed E-state index contributed by atoms with van der Waals surface area (Å²) in [5, 5.41) is 9.29. The molecule has 1 aromatic heterocycles. The molecule has 4 rings (SSSR count). The number of hydrogen-bond donors (Lipinski definition) is 3. The van der Waals surface area contributed by atoms with Crippen molar-refractivity contribution in [1.29, 1.82) is 0 Å². The lowest BCUT2D eigenvalue weighted by Gasteiger charge is -2.31. The molecule has 34 heavy (non-hydrogen) atoms. The van der Waals surface area contributed by atoms with Gasteiger partial charge >= 0.3 is 6.18 Å². The van der Waals surface area contributed by atoms with E-state index in [1.807, 2.05) is 11.9 Å². The van der Waals surface area contributed by atoms with Crippen LogP contribution in [0.25, 0.3) is 0 Å². The number of carbonyl (C=O) groups excluding carboxylic acids is 1. The minimum absolute atomic E-state index is 0.0140. The summed E-state index contributed by atoms with van der Waals surface area (Å²) < 4.78 is 38.2. The van der Waals surface area contributed by atoms with Gasteiger partial charge in [0, 0.05) is 42.3 Å². The van der Waals surface area contributed by atoms with E-state index in [1.165, 1.54) is 18.3 Å². The summed E-state index contributed by atoms with van der Waals surface area (Å²) >= 11 is 0. The second-order valence-corrected chi connectivity index (χ2v) is 8.02. The first-order valence-corrected chi connectivity index (χ1v) is 10.9. The molecule has 2 aromatic carbocycles. The van der Waals surface area contributed by atoms with Crippen molar-refractivity contribution in [1.82, 2.24) is 20.2 Å². The molecule has 0 radical (unpaired) electrons. The molecule has 0 unspecified atom stereocenters. The zero-order valence-electron chi connectivity index (χ0n) is 18.6. The van der Waals surface area contributed by atoms with Crippen LogP contribution in [0.4, 0.5) is 36.3 Å². The molecule has 0 atom stereocenters. The summed E-state index contributed by atoms with van der Waals surface area (Å²) in [6.45, 7) is 1.47. The highest BCUT2D eigenvalue weighted by Gasteiger charge is 2.30. The molecule has 1 fully saturated rings. The lowest BCUT2D eigenvalue weighted by atomic mass is 10.0. The van der Waals surface area contributed by atoms with Crippen molar-refractivity contribution in [2.24, 2.45) is 0 Å². The minimum Gasteiger partial charge on any atom is -0.340 e. The van der Waals surface area contributed by atoms with Crippen LogP contribution in [0, 0.1) is 0 Å². The number of amides is 1. The van der Waals surface area contributed by atoms with E-state index in [9.17, 15) is 18.0 Å². The average molecular weight is 470 g/mol. The fourth-order valence-corrected chi connectivity index (χ4v) is 3.76. The third-order valence-corrected chi connectivity index (χ3v) is 5.72. The maximum Gasteiger partial charge on any atom is 0.416 e. The summed E-state index contributed by atoms with van der Waals surface area (Å²) in [5.41, 5.74) is 1.08. The number of benzene rings is 2. The SMILES string of the molecule is CNC1CCN(C(=O)c2ccc(Nc3nccc(Nc4ccc(C(F)(F)F)cc4)n3)cc2)CC1. The van der Waals surface area contributed by atoms with E-state index >= 15 is 0 Å². The quantitative estimate of drug-likeness (QED) is 0.480. The normalized spacial score (nSPS) is 14.6. The maximum absolute atomic E-state index is 12.7. The molecule has 0 spiro atoms. The van der Waals surface area contributed by atoms with Crippen LogP contribution in [0.1, 0.15) is 28.8 Å². The third kappa shape index (κ3) is 5.82. The van der Waals surface area contributed by atoms with Crippen molar-refractivity contribution >= 4 is 29.0 Å². The van der Waals surface area contributed by atoms with Gasteiger partial charge in [-0.1, -0.05) is 0 Å². The van der Waals surface area contributed by atoms with Crippen LogP contribution in [0.15, 0.2) is 60.8 Å². The highest BCUT2D eigenvalue weighted by molar-refractivity contribution is 5.94. The van der Waals surface area contributed by atoms with Crippen molar-refractivity contribution in [3.05, 3.63) is 71.9 Å². The number of aromatic nitrogens is 2. The Labute approximate surface area is 195 Å². The molecular weight excluding hydrogens is 445 g/mol. The van der Waals surface area contributed by atoms with Crippen molar-refractivity contribution < 1.29 is 18.0 Å². The Kier molecular flexibility index (Phi) is 6.97. The van der Waals surface area contributed by atoms with Crippen LogP contribution in [0.5, 0.6) is 0 Å². The predicted molar refractivity (Wildman–Crippen MR) is 124 cm³/mol. The number of alkyl halides is 3. The van der Waals surface area contributed by atoms with Gasteiger partial charge in [0.2, 0.25) is 5.95 Å². The van der Waals surface area contributed by atoms with Crippen LogP contribution < -0.4 is 16.0 Å². The van der Waals surface area contributed by atoms with Gasteiger partial charge in [0.25, 0.3) is 5.91 Å². The maximum atomic E-state index is 12.7. The summed E-state index contributed by atoms with van der Waals surface area (Å²) in [7, 11) is 1.94. The van der Waals surface area contributed by atoms with Crippen LogP contribution in [-0.2, 0) is 6.18 Å². The van der Waals surface area contributed by atoms with Crippen LogP contribution in [0.2, 0.25) is 0 Å². The standard InChI is InChI=1S/C24H25F3N6O/c1-28-18-11-14-33(15-12-18)22(34)16-2-6-20(7-3-16)31-23-29-13-10-21(32-23)30-19-8-4-17(5-9-19)24(25,26)27/h2-10,13,18,28H,11-12,14-15H2,1H3,(H2,29,30,31,32). The zero-order valence-corrected chi connectivity index (χ0v) is 18.6. The Morgan fingerprint density at radius 1 is 0.941 bits per heavy atom. The predicted octanol–water partition coefficient (Wildman–Crippen LogP) is 4.81. The van der Waals surface area contributed by atoms with E-state index in [0.29, 0.717) is 34.7 Å². The van der Waals surface area contributed by atoms with E-state index in [0.717, 1.165) is 38.1 Å². The van der Waals surface area contributed by atoms with Crippen molar-refractivity contribution in [3.8, 4) is 0 Å². The number of halogens is 3. The first-order valence-electron chi connectivity index (χ1n) is 10.9.